The number of unbranched alkanes of at least 4 members (excludes halogenated alkanes) is 1. The van der Waals surface area contributed by atoms with E-state index in [0.29, 0.717) is 23.6 Å². The summed E-state index contributed by atoms with van der Waals surface area (Å²) in [6, 6.07) is 26.6. The molecule has 0 heterocycles. The minimum absolute atomic E-state index is 0.00494. The van der Waals surface area contributed by atoms with Crippen molar-refractivity contribution >= 4 is 39.1 Å². The van der Waals surface area contributed by atoms with Gasteiger partial charge in [0, 0.05) is 19.5 Å². The molecule has 0 aliphatic rings. The Morgan fingerprint density at radius 1 is 0.875 bits per heavy atom. The Labute approximate surface area is 288 Å². The SMILES string of the molecule is CCCCNC(=O)C(Cc1ccccc1)N(Cc1cccc(OC)c1)C(=O)CN(c1ccc(OC)c(Cl)c1)S(=O)(=O)c1ccc(C)cc1. The zero-order valence-electron chi connectivity index (χ0n) is 27.7. The number of hydrogen-bond donors (Lipinski definition) is 1. The topological polar surface area (TPSA) is 105 Å². The lowest BCUT2D eigenvalue weighted by atomic mass is 10.0. The zero-order valence-corrected chi connectivity index (χ0v) is 29.3. The maximum Gasteiger partial charge on any atom is 0.264 e. The van der Waals surface area contributed by atoms with Gasteiger partial charge in [-0.3, -0.25) is 13.9 Å². The zero-order chi connectivity index (χ0) is 34.7. The van der Waals surface area contributed by atoms with Gasteiger partial charge >= 0.3 is 0 Å². The van der Waals surface area contributed by atoms with Crippen molar-refractivity contribution in [1.29, 1.82) is 0 Å². The van der Waals surface area contributed by atoms with Crippen molar-refractivity contribution in [2.75, 3.05) is 31.6 Å². The number of ether oxygens (including phenoxy) is 2. The number of rotatable bonds is 16. The van der Waals surface area contributed by atoms with Crippen LogP contribution in [0.3, 0.4) is 0 Å². The number of sulfonamides is 1. The molecule has 254 valence electrons. The monoisotopic (exact) mass is 691 g/mol. The molecule has 0 saturated carbocycles. The van der Waals surface area contributed by atoms with E-state index in [9.17, 15) is 18.0 Å². The molecule has 9 nitrogen and oxygen atoms in total. The van der Waals surface area contributed by atoms with Crippen LogP contribution in [0.5, 0.6) is 11.5 Å². The lowest BCUT2D eigenvalue weighted by Crippen LogP contribution is -2.53. The van der Waals surface area contributed by atoms with Crippen LogP contribution in [-0.2, 0) is 32.6 Å². The van der Waals surface area contributed by atoms with Gasteiger partial charge in [-0.2, -0.15) is 0 Å². The van der Waals surface area contributed by atoms with Gasteiger partial charge in [-0.25, -0.2) is 8.42 Å². The summed E-state index contributed by atoms with van der Waals surface area (Å²) in [6.07, 6.45) is 1.87. The lowest BCUT2D eigenvalue weighted by molar-refractivity contribution is -0.140. The van der Waals surface area contributed by atoms with E-state index in [0.717, 1.165) is 28.3 Å². The second-order valence-electron chi connectivity index (χ2n) is 11.4. The fourth-order valence-corrected chi connectivity index (χ4v) is 6.86. The van der Waals surface area contributed by atoms with Gasteiger partial charge in [-0.15, -0.1) is 0 Å². The molecule has 0 spiro atoms. The number of hydrogen-bond acceptors (Lipinski definition) is 6. The number of carbonyl (C=O) groups is 2. The quantitative estimate of drug-likeness (QED) is 0.136. The molecule has 0 aliphatic carbocycles. The van der Waals surface area contributed by atoms with Crippen molar-refractivity contribution in [2.24, 2.45) is 0 Å². The van der Waals surface area contributed by atoms with Crippen molar-refractivity contribution in [3.63, 3.8) is 0 Å². The fraction of sp³-hybridized carbons (Fsp3) is 0.297. The van der Waals surface area contributed by atoms with Crippen LogP contribution in [0.2, 0.25) is 5.02 Å². The summed E-state index contributed by atoms with van der Waals surface area (Å²) in [5.41, 5.74) is 2.61. The minimum atomic E-state index is -4.28. The number of benzene rings is 4. The summed E-state index contributed by atoms with van der Waals surface area (Å²) in [4.78, 5) is 30.0. The van der Waals surface area contributed by atoms with Gasteiger partial charge in [-0.05, 0) is 66.9 Å². The molecular formula is C37H42ClN3O6S. The van der Waals surface area contributed by atoms with Gasteiger partial charge < -0.3 is 19.7 Å². The van der Waals surface area contributed by atoms with Crippen molar-refractivity contribution in [2.45, 2.75) is 50.6 Å². The largest absolute Gasteiger partial charge is 0.497 e. The highest BCUT2D eigenvalue weighted by molar-refractivity contribution is 7.92. The molecular weight excluding hydrogens is 650 g/mol. The molecule has 0 saturated heterocycles. The molecule has 2 amide bonds. The summed E-state index contributed by atoms with van der Waals surface area (Å²) in [7, 11) is -1.27. The third-order valence-corrected chi connectivity index (χ3v) is 9.98. The molecule has 4 aromatic rings. The van der Waals surface area contributed by atoms with Crippen LogP contribution >= 0.6 is 11.6 Å². The van der Waals surface area contributed by atoms with E-state index in [2.05, 4.69) is 5.32 Å². The molecule has 1 unspecified atom stereocenters. The minimum Gasteiger partial charge on any atom is -0.497 e. The molecule has 11 heteroatoms. The predicted molar refractivity (Wildman–Crippen MR) is 189 cm³/mol. The molecule has 0 aliphatic heterocycles. The first-order valence-electron chi connectivity index (χ1n) is 15.7. The van der Waals surface area contributed by atoms with Gasteiger partial charge in [0.15, 0.2) is 0 Å². The summed E-state index contributed by atoms with van der Waals surface area (Å²) >= 11 is 6.46. The van der Waals surface area contributed by atoms with Crippen LogP contribution < -0.4 is 19.1 Å². The number of aryl methyl sites for hydroxylation is 1. The van der Waals surface area contributed by atoms with E-state index in [1.165, 1.54) is 36.3 Å². The molecule has 4 aromatic carbocycles. The summed E-state index contributed by atoms with van der Waals surface area (Å²) in [6.45, 7) is 3.75. The Hall–Kier alpha value is -4.54. The maximum atomic E-state index is 14.6. The number of anilines is 1. The van der Waals surface area contributed by atoms with Crippen LogP contribution in [-0.4, -0.2) is 58.5 Å². The van der Waals surface area contributed by atoms with Crippen molar-refractivity contribution < 1.29 is 27.5 Å². The van der Waals surface area contributed by atoms with Gasteiger partial charge in [0.1, 0.15) is 24.1 Å². The van der Waals surface area contributed by atoms with Crippen molar-refractivity contribution in [3.05, 3.63) is 119 Å². The Balaban J connectivity index is 1.82. The molecule has 48 heavy (non-hydrogen) atoms. The second kappa shape index (κ2) is 17.0. The number of halogens is 1. The highest BCUT2D eigenvalue weighted by Gasteiger charge is 2.35. The molecule has 0 fully saturated rings. The predicted octanol–water partition coefficient (Wildman–Crippen LogP) is 6.42. The normalized spacial score (nSPS) is 11.8. The molecule has 1 N–H and O–H groups in total. The summed E-state index contributed by atoms with van der Waals surface area (Å²) in [5, 5.41) is 3.17. The molecule has 0 radical (unpaired) electrons. The van der Waals surface area contributed by atoms with Gasteiger partial charge in [0.25, 0.3) is 10.0 Å². The second-order valence-corrected chi connectivity index (χ2v) is 13.6. The van der Waals surface area contributed by atoms with Crippen LogP contribution in [0.4, 0.5) is 5.69 Å². The average molecular weight is 692 g/mol. The summed E-state index contributed by atoms with van der Waals surface area (Å²) in [5.74, 6) is 0.0325. The number of methoxy groups -OCH3 is 2. The molecule has 0 aromatic heterocycles. The first-order valence-corrected chi connectivity index (χ1v) is 17.6. The number of carbonyl (C=O) groups excluding carboxylic acids is 2. The van der Waals surface area contributed by atoms with Crippen molar-refractivity contribution in [1.82, 2.24) is 10.2 Å². The Bertz CT molecular complexity index is 1780. The van der Waals surface area contributed by atoms with E-state index in [1.807, 2.05) is 50.2 Å². The first kappa shape index (κ1) is 36.3. The fourth-order valence-electron chi connectivity index (χ4n) is 5.20. The Morgan fingerprint density at radius 2 is 1.58 bits per heavy atom. The van der Waals surface area contributed by atoms with Crippen LogP contribution in [0.1, 0.15) is 36.5 Å². The molecule has 4 rings (SSSR count). The Morgan fingerprint density at radius 3 is 2.23 bits per heavy atom. The lowest BCUT2D eigenvalue weighted by Gasteiger charge is -2.34. The highest BCUT2D eigenvalue weighted by Crippen LogP contribution is 2.32. The van der Waals surface area contributed by atoms with Gasteiger partial charge in [-0.1, -0.05) is 85.1 Å². The van der Waals surface area contributed by atoms with E-state index < -0.39 is 28.5 Å². The van der Waals surface area contributed by atoms with Crippen LogP contribution in [0.25, 0.3) is 0 Å². The third kappa shape index (κ3) is 9.29. The highest BCUT2D eigenvalue weighted by atomic mass is 35.5. The van der Waals surface area contributed by atoms with Crippen LogP contribution in [0, 0.1) is 6.92 Å². The smallest absolute Gasteiger partial charge is 0.264 e. The van der Waals surface area contributed by atoms with Gasteiger partial charge in [0.2, 0.25) is 11.8 Å². The Kier molecular flexibility index (Phi) is 12.9. The maximum absolute atomic E-state index is 14.6. The van der Waals surface area contributed by atoms with Crippen LogP contribution in [0.15, 0.2) is 102 Å². The molecule has 1 atom stereocenters. The number of nitrogens with one attached hydrogen (secondary N) is 1. The van der Waals surface area contributed by atoms with E-state index in [1.54, 1.807) is 43.5 Å². The third-order valence-electron chi connectivity index (χ3n) is 7.90. The van der Waals surface area contributed by atoms with E-state index in [-0.39, 0.29) is 34.5 Å². The van der Waals surface area contributed by atoms with Gasteiger partial charge in [0.05, 0.1) is 29.8 Å². The van der Waals surface area contributed by atoms with E-state index in [4.69, 9.17) is 21.1 Å². The number of nitrogens with zero attached hydrogens (tertiary/aromatic N) is 2. The van der Waals surface area contributed by atoms with Crippen molar-refractivity contribution in [3.8, 4) is 11.5 Å². The van der Waals surface area contributed by atoms with E-state index >= 15 is 0 Å². The summed E-state index contributed by atoms with van der Waals surface area (Å²) < 4.78 is 40.3. The number of amides is 2. The first-order chi connectivity index (χ1) is 23.1. The molecule has 0 bridgehead atoms. The average Bonchev–Trinajstić information content (AvgIpc) is 3.09. The standard InChI is InChI=1S/C37H42ClN3O6S/c1-5-6-21-39-37(43)34(23-28-11-8-7-9-12-28)40(25-29-13-10-14-31(22-29)46-3)36(42)26-41(30-17-20-35(47-4)33(38)24-30)48(44,45)32-18-15-27(2)16-19-32/h7-20,22,24,34H,5-6,21,23,25-26H2,1-4H3,(H,39,43).